The van der Waals surface area contributed by atoms with Crippen LogP contribution in [0.2, 0.25) is 5.02 Å². The summed E-state index contributed by atoms with van der Waals surface area (Å²) in [7, 11) is 0. The van der Waals surface area contributed by atoms with Gasteiger partial charge in [-0.3, -0.25) is 9.69 Å². The lowest BCUT2D eigenvalue weighted by molar-refractivity contribution is -0.140. The molecule has 2 aliphatic rings. The molecule has 3 nitrogen and oxygen atoms in total. The zero-order valence-electron chi connectivity index (χ0n) is 22.1. The lowest BCUT2D eigenvalue weighted by Gasteiger charge is -2.43. The van der Waals surface area contributed by atoms with E-state index in [1.807, 2.05) is 48.2 Å². The monoisotopic (exact) mass is 538 g/mol. The van der Waals surface area contributed by atoms with Gasteiger partial charge in [-0.15, -0.1) is 0 Å². The number of rotatable bonds is 6. The van der Waals surface area contributed by atoms with E-state index in [0.29, 0.717) is 10.6 Å². The average Bonchev–Trinajstić information content (AvgIpc) is 3.40. The molecule has 4 aromatic carbocycles. The van der Waals surface area contributed by atoms with Crippen molar-refractivity contribution in [3.8, 4) is 0 Å². The van der Waals surface area contributed by atoms with Gasteiger partial charge in [0.2, 0.25) is 5.91 Å². The van der Waals surface area contributed by atoms with Gasteiger partial charge in [0.1, 0.15) is 5.82 Å². The summed E-state index contributed by atoms with van der Waals surface area (Å²) in [5.74, 6) is -0.272. The number of hydrogen-bond donors (Lipinski definition) is 0. The molecule has 3 atom stereocenters. The summed E-state index contributed by atoms with van der Waals surface area (Å²) in [5.41, 5.74) is 6.44. The average molecular weight is 539 g/mol. The van der Waals surface area contributed by atoms with Crippen molar-refractivity contribution in [2.75, 3.05) is 6.54 Å². The number of benzene rings is 4. The molecule has 0 radical (unpaired) electrons. The number of carbonyl (C=O) groups excluding carboxylic acids is 1. The van der Waals surface area contributed by atoms with E-state index in [1.165, 1.54) is 28.3 Å². The van der Waals surface area contributed by atoms with E-state index in [9.17, 15) is 9.18 Å². The predicted molar refractivity (Wildman–Crippen MR) is 154 cm³/mol. The summed E-state index contributed by atoms with van der Waals surface area (Å²) in [6.45, 7) is 2.96. The first kappa shape index (κ1) is 25.8. The minimum Gasteiger partial charge on any atom is -0.330 e. The molecule has 198 valence electrons. The van der Waals surface area contributed by atoms with Crippen LogP contribution in [0.25, 0.3) is 0 Å². The Kier molecular flexibility index (Phi) is 7.24. The fourth-order valence-electron chi connectivity index (χ4n) is 6.44. The van der Waals surface area contributed by atoms with Crippen LogP contribution in [0.5, 0.6) is 0 Å². The second kappa shape index (κ2) is 11.0. The molecule has 1 amide bonds. The van der Waals surface area contributed by atoms with Crippen molar-refractivity contribution in [2.45, 2.75) is 50.9 Å². The molecule has 1 aliphatic carbocycles. The number of aryl methyl sites for hydroxylation is 1. The van der Waals surface area contributed by atoms with Crippen LogP contribution in [-0.2, 0) is 24.2 Å². The number of nitrogens with zero attached hydrogens (tertiary/aromatic N) is 2. The van der Waals surface area contributed by atoms with E-state index in [0.717, 1.165) is 31.4 Å². The van der Waals surface area contributed by atoms with Crippen LogP contribution in [0.1, 0.15) is 58.8 Å². The third kappa shape index (κ3) is 4.88. The van der Waals surface area contributed by atoms with Gasteiger partial charge in [0.05, 0.1) is 18.1 Å². The standard InChI is InChI=1S/C34H32ClFN2O/c1-23(37-21-20-25-11-3-6-14-28(25)33(37)29-15-7-8-16-30(29)35)34(39)38(22-26-12-4-9-17-31(26)36)32-19-18-24-10-2-5-13-27(24)32/h2-17,23,32-33H,18-22H2,1H3. The number of amides is 1. The first-order chi connectivity index (χ1) is 19.0. The van der Waals surface area contributed by atoms with Crippen LogP contribution in [-0.4, -0.2) is 28.3 Å². The largest absolute Gasteiger partial charge is 0.330 e. The summed E-state index contributed by atoms with van der Waals surface area (Å²) in [6, 6.07) is 30.8. The molecule has 0 saturated heterocycles. The van der Waals surface area contributed by atoms with E-state index in [4.69, 9.17) is 11.6 Å². The highest BCUT2D eigenvalue weighted by atomic mass is 35.5. The number of carbonyl (C=O) groups is 1. The number of halogens is 2. The molecule has 0 bridgehead atoms. The molecular formula is C34H32ClFN2O. The minimum absolute atomic E-state index is 0.0105. The van der Waals surface area contributed by atoms with Crippen molar-refractivity contribution >= 4 is 17.5 Å². The highest BCUT2D eigenvalue weighted by Crippen LogP contribution is 2.41. The molecule has 5 heteroatoms. The van der Waals surface area contributed by atoms with E-state index in [1.54, 1.807) is 12.1 Å². The molecular weight excluding hydrogens is 507 g/mol. The van der Waals surface area contributed by atoms with Crippen molar-refractivity contribution in [3.63, 3.8) is 0 Å². The summed E-state index contributed by atoms with van der Waals surface area (Å²) in [4.78, 5) is 18.8. The molecule has 0 spiro atoms. The zero-order valence-corrected chi connectivity index (χ0v) is 22.8. The van der Waals surface area contributed by atoms with Gasteiger partial charge in [-0.05, 0) is 66.1 Å². The Balaban J connectivity index is 1.39. The maximum absolute atomic E-state index is 14.9. The van der Waals surface area contributed by atoms with Gasteiger partial charge in [0.15, 0.2) is 0 Å². The van der Waals surface area contributed by atoms with Crippen molar-refractivity contribution in [2.24, 2.45) is 0 Å². The Morgan fingerprint density at radius 3 is 2.23 bits per heavy atom. The van der Waals surface area contributed by atoms with Gasteiger partial charge in [0, 0.05) is 23.7 Å². The fraction of sp³-hybridized carbons (Fsp3) is 0.265. The quantitative estimate of drug-likeness (QED) is 0.253. The molecule has 0 N–H and O–H groups in total. The topological polar surface area (TPSA) is 23.6 Å². The Bertz CT molecular complexity index is 1500. The van der Waals surface area contributed by atoms with E-state index in [-0.39, 0.29) is 30.4 Å². The highest BCUT2D eigenvalue weighted by Gasteiger charge is 2.39. The maximum atomic E-state index is 14.9. The molecule has 4 aromatic rings. The summed E-state index contributed by atoms with van der Waals surface area (Å²) in [5, 5.41) is 0.691. The Labute approximate surface area is 234 Å². The zero-order chi connectivity index (χ0) is 26.9. The summed E-state index contributed by atoms with van der Waals surface area (Å²) in [6.07, 6.45) is 2.60. The van der Waals surface area contributed by atoms with Crippen molar-refractivity contribution in [1.29, 1.82) is 0 Å². The second-order valence-corrected chi connectivity index (χ2v) is 11.0. The molecule has 0 aromatic heterocycles. The van der Waals surface area contributed by atoms with Crippen molar-refractivity contribution in [1.82, 2.24) is 9.80 Å². The normalized spacial score (nSPS) is 19.3. The first-order valence-corrected chi connectivity index (χ1v) is 14.1. The van der Waals surface area contributed by atoms with Gasteiger partial charge in [0.25, 0.3) is 0 Å². The minimum atomic E-state index is -0.431. The van der Waals surface area contributed by atoms with Gasteiger partial charge in [-0.2, -0.15) is 0 Å². The third-order valence-electron chi connectivity index (χ3n) is 8.43. The highest BCUT2D eigenvalue weighted by molar-refractivity contribution is 6.31. The van der Waals surface area contributed by atoms with Gasteiger partial charge in [-0.25, -0.2) is 4.39 Å². The van der Waals surface area contributed by atoms with Crippen LogP contribution in [0.15, 0.2) is 97.1 Å². The summed E-state index contributed by atoms with van der Waals surface area (Å²) >= 11 is 6.76. The number of fused-ring (bicyclic) bond motifs is 2. The van der Waals surface area contributed by atoms with Gasteiger partial charge < -0.3 is 4.90 Å². The van der Waals surface area contributed by atoms with Crippen LogP contribution >= 0.6 is 11.6 Å². The summed E-state index contributed by atoms with van der Waals surface area (Å²) < 4.78 is 14.9. The molecule has 1 aliphatic heterocycles. The lowest BCUT2D eigenvalue weighted by Crippen LogP contribution is -2.51. The molecule has 0 saturated carbocycles. The molecule has 39 heavy (non-hydrogen) atoms. The fourth-order valence-corrected chi connectivity index (χ4v) is 6.68. The van der Waals surface area contributed by atoms with Crippen molar-refractivity contribution < 1.29 is 9.18 Å². The first-order valence-electron chi connectivity index (χ1n) is 13.7. The SMILES string of the molecule is CC(C(=O)N(Cc1ccccc1F)C1CCc2ccccc21)N1CCc2ccccc2C1c1ccccc1Cl. The third-order valence-corrected chi connectivity index (χ3v) is 8.78. The predicted octanol–water partition coefficient (Wildman–Crippen LogP) is 7.53. The van der Waals surface area contributed by atoms with Gasteiger partial charge in [-0.1, -0.05) is 96.5 Å². The van der Waals surface area contributed by atoms with Crippen LogP contribution in [0.3, 0.4) is 0 Å². The molecule has 1 heterocycles. The van der Waals surface area contributed by atoms with E-state index in [2.05, 4.69) is 47.4 Å². The Morgan fingerprint density at radius 2 is 1.49 bits per heavy atom. The smallest absolute Gasteiger partial charge is 0.240 e. The van der Waals surface area contributed by atoms with Crippen LogP contribution in [0, 0.1) is 5.82 Å². The number of hydrogen-bond acceptors (Lipinski definition) is 2. The maximum Gasteiger partial charge on any atom is 0.240 e. The van der Waals surface area contributed by atoms with Crippen LogP contribution in [0.4, 0.5) is 4.39 Å². The van der Waals surface area contributed by atoms with Crippen LogP contribution < -0.4 is 0 Å². The second-order valence-electron chi connectivity index (χ2n) is 10.6. The molecule has 3 unspecified atom stereocenters. The Morgan fingerprint density at radius 1 is 0.872 bits per heavy atom. The molecule has 6 rings (SSSR count). The van der Waals surface area contributed by atoms with E-state index < -0.39 is 6.04 Å². The van der Waals surface area contributed by atoms with E-state index >= 15 is 0 Å². The van der Waals surface area contributed by atoms with Crippen molar-refractivity contribution in [3.05, 3.63) is 141 Å². The lowest BCUT2D eigenvalue weighted by atomic mass is 9.87. The van der Waals surface area contributed by atoms with Gasteiger partial charge >= 0.3 is 0 Å². The Hall–Kier alpha value is -3.47. The molecule has 0 fully saturated rings.